The summed E-state index contributed by atoms with van der Waals surface area (Å²) in [6, 6.07) is 22.2. The van der Waals surface area contributed by atoms with Crippen molar-refractivity contribution in [1.82, 2.24) is 4.90 Å². The molecule has 34 heavy (non-hydrogen) atoms. The predicted molar refractivity (Wildman–Crippen MR) is 139 cm³/mol. The molecule has 4 N–H and O–H groups in total. The average Bonchev–Trinajstić information content (AvgIpc) is 3.23. The van der Waals surface area contributed by atoms with E-state index in [1.807, 2.05) is 43.4 Å². The SMILES string of the molecule is CN1C[C@H](C(=O)Nc2ccc(Cl)cc2)[C@@H](c2ccc(C=CC(=O)Nc3ccccc3N)cc2)C1. The summed E-state index contributed by atoms with van der Waals surface area (Å²) >= 11 is 5.94. The van der Waals surface area contributed by atoms with Gasteiger partial charge in [0.05, 0.1) is 17.3 Å². The van der Waals surface area contributed by atoms with E-state index in [2.05, 4.69) is 15.5 Å². The largest absolute Gasteiger partial charge is 0.397 e. The number of carbonyl (C=O) groups excluding carboxylic acids is 2. The van der Waals surface area contributed by atoms with E-state index in [9.17, 15) is 9.59 Å². The molecule has 1 aliphatic rings. The topological polar surface area (TPSA) is 87.5 Å². The van der Waals surface area contributed by atoms with Crippen LogP contribution in [0.5, 0.6) is 0 Å². The first-order valence-corrected chi connectivity index (χ1v) is 11.5. The van der Waals surface area contributed by atoms with Crippen LogP contribution in [0.1, 0.15) is 17.0 Å². The van der Waals surface area contributed by atoms with Gasteiger partial charge in [0.25, 0.3) is 0 Å². The zero-order valence-corrected chi connectivity index (χ0v) is 19.6. The van der Waals surface area contributed by atoms with Crippen LogP contribution in [0.25, 0.3) is 6.08 Å². The smallest absolute Gasteiger partial charge is 0.248 e. The van der Waals surface area contributed by atoms with E-state index in [1.54, 1.807) is 42.5 Å². The highest BCUT2D eigenvalue weighted by atomic mass is 35.5. The van der Waals surface area contributed by atoms with Crippen molar-refractivity contribution in [3.8, 4) is 0 Å². The normalized spacial score (nSPS) is 18.2. The number of nitrogens with zero attached hydrogens (tertiary/aromatic N) is 1. The van der Waals surface area contributed by atoms with E-state index < -0.39 is 0 Å². The van der Waals surface area contributed by atoms with E-state index >= 15 is 0 Å². The van der Waals surface area contributed by atoms with Crippen LogP contribution in [0.2, 0.25) is 5.02 Å². The quantitative estimate of drug-likeness (QED) is 0.352. The molecule has 2 amide bonds. The van der Waals surface area contributed by atoms with E-state index in [0.717, 1.165) is 23.4 Å². The maximum Gasteiger partial charge on any atom is 0.248 e. The van der Waals surface area contributed by atoms with Crippen LogP contribution >= 0.6 is 11.6 Å². The van der Waals surface area contributed by atoms with Crippen molar-refractivity contribution in [3.63, 3.8) is 0 Å². The summed E-state index contributed by atoms with van der Waals surface area (Å²) in [5.74, 6) is -0.334. The Labute approximate surface area is 204 Å². The number of rotatable bonds is 6. The molecule has 7 heteroatoms. The first kappa shape index (κ1) is 23.5. The molecule has 174 valence electrons. The number of nitrogens with one attached hydrogen (secondary N) is 2. The lowest BCUT2D eigenvalue weighted by Gasteiger charge is -2.19. The number of hydrogen-bond donors (Lipinski definition) is 3. The summed E-state index contributed by atoms with van der Waals surface area (Å²) < 4.78 is 0. The Morgan fingerprint density at radius 3 is 2.38 bits per heavy atom. The van der Waals surface area contributed by atoms with Gasteiger partial charge in [-0.15, -0.1) is 0 Å². The molecule has 0 spiro atoms. The minimum absolute atomic E-state index is 0.00231. The van der Waals surface area contributed by atoms with Crippen LogP contribution in [0.15, 0.2) is 78.9 Å². The number of anilines is 3. The van der Waals surface area contributed by atoms with Crippen molar-refractivity contribution in [2.45, 2.75) is 5.92 Å². The number of benzene rings is 3. The summed E-state index contributed by atoms with van der Waals surface area (Å²) in [7, 11) is 2.03. The Bertz CT molecular complexity index is 1190. The first-order chi connectivity index (χ1) is 16.4. The monoisotopic (exact) mass is 474 g/mol. The molecule has 3 aromatic rings. The van der Waals surface area contributed by atoms with Gasteiger partial charge in [-0.25, -0.2) is 0 Å². The minimum atomic E-state index is -0.252. The summed E-state index contributed by atoms with van der Waals surface area (Å²) in [4.78, 5) is 27.4. The van der Waals surface area contributed by atoms with Crippen LogP contribution in [0, 0.1) is 5.92 Å². The van der Waals surface area contributed by atoms with Crippen LogP contribution in [0.4, 0.5) is 17.1 Å². The second-order valence-electron chi connectivity index (χ2n) is 8.51. The third-order valence-corrected chi connectivity index (χ3v) is 6.21. The number of carbonyl (C=O) groups is 2. The van der Waals surface area contributed by atoms with E-state index in [1.165, 1.54) is 6.08 Å². The van der Waals surface area contributed by atoms with Crippen molar-refractivity contribution in [3.05, 3.63) is 95.0 Å². The standard InChI is InChI=1S/C27H27ClN4O2/c1-32-16-22(23(17-32)27(34)30-21-13-11-20(28)12-14-21)19-9-6-18(7-10-19)8-15-26(33)31-25-5-3-2-4-24(25)29/h2-15,22-23H,16-17,29H2,1H3,(H,30,34)(H,31,33)/t22-,23+/m1/s1. The molecule has 6 nitrogen and oxygen atoms in total. The molecular formula is C27H27ClN4O2. The van der Waals surface area contributed by atoms with Gasteiger partial charge in [0.1, 0.15) is 0 Å². The Kier molecular flexibility index (Phi) is 7.30. The van der Waals surface area contributed by atoms with Gasteiger partial charge in [0, 0.05) is 35.8 Å². The molecule has 4 rings (SSSR count). The third-order valence-electron chi connectivity index (χ3n) is 5.96. The van der Waals surface area contributed by atoms with Crippen molar-refractivity contribution in [2.75, 3.05) is 36.5 Å². The van der Waals surface area contributed by atoms with Gasteiger partial charge < -0.3 is 21.3 Å². The summed E-state index contributed by atoms with van der Waals surface area (Å²) in [6.07, 6.45) is 3.23. The number of hydrogen-bond acceptors (Lipinski definition) is 4. The Balaban J connectivity index is 1.40. The molecule has 0 unspecified atom stereocenters. The van der Waals surface area contributed by atoms with Crippen molar-refractivity contribution in [1.29, 1.82) is 0 Å². The molecule has 0 saturated carbocycles. The van der Waals surface area contributed by atoms with E-state index in [4.69, 9.17) is 17.3 Å². The highest BCUT2D eigenvalue weighted by molar-refractivity contribution is 6.30. The summed E-state index contributed by atoms with van der Waals surface area (Å²) in [5, 5.41) is 6.42. The summed E-state index contributed by atoms with van der Waals surface area (Å²) in [6.45, 7) is 1.49. The number of para-hydroxylation sites is 2. The molecule has 1 aliphatic heterocycles. The lowest BCUT2D eigenvalue weighted by Crippen LogP contribution is -2.28. The average molecular weight is 475 g/mol. The van der Waals surface area contributed by atoms with Crippen LogP contribution in [-0.2, 0) is 9.59 Å². The van der Waals surface area contributed by atoms with E-state index in [0.29, 0.717) is 22.9 Å². The van der Waals surface area contributed by atoms with Gasteiger partial charge in [-0.05, 0) is 60.6 Å². The van der Waals surface area contributed by atoms with Crippen LogP contribution < -0.4 is 16.4 Å². The molecular weight excluding hydrogens is 448 g/mol. The first-order valence-electron chi connectivity index (χ1n) is 11.1. The zero-order valence-electron chi connectivity index (χ0n) is 18.9. The fourth-order valence-electron chi connectivity index (χ4n) is 4.18. The fraction of sp³-hybridized carbons (Fsp3) is 0.185. The molecule has 1 fully saturated rings. The minimum Gasteiger partial charge on any atom is -0.397 e. The number of likely N-dealkylation sites (N-methyl/N-ethyl adjacent to an activating group) is 1. The van der Waals surface area contributed by atoms with Crippen LogP contribution in [-0.4, -0.2) is 36.9 Å². The van der Waals surface area contributed by atoms with Crippen molar-refractivity contribution < 1.29 is 9.59 Å². The zero-order chi connectivity index (χ0) is 24.1. The predicted octanol–water partition coefficient (Wildman–Crippen LogP) is 4.86. The van der Waals surface area contributed by atoms with Gasteiger partial charge in [-0.2, -0.15) is 0 Å². The number of nitrogens with two attached hydrogens (primary N) is 1. The molecule has 0 aliphatic carbocycles. The number of likely N-dealkylation sites (tertiary alicyclic amines) is 1. The number of amides is 2. The lowest BCUT2D eigenvalue weighted by atomic mass is 9.88. The number of halogens is 1. The van der Waals surface area contributed by atoms with Gasteiger partial charge >= 0.3 is 0 Å². The van der Waals surface area contributed by atoms with Crippen molar-refractivity contribution in [2.24, 2.45) is 5.92 Å². The lowest BCUT2D eigenvalue weighted by molar-refractivity contribution is -0.119. The molecule has 3 aromatic carbocycles. The van der Waals surface area contributed by atoms with Gasteiger partial charge in [0.2, 0.25) is 11.8 Å². The Hall–Kier alpha value is -3.61. The van der Waals surface area contributed by atoms with Crippen molar-refractivity contribution >= 4 is 46.6 Å². The molecule has 0 radical (unpaired) electrons. The van der Waals surface area contributed by atoms with Gasteiger partial charge in [-0.3, -0.25) is 9.59 Å². The maximum atomic E-state index is 13.0. The highest BCUT2D eigenvalue weighted by Gasteiger charge is 2.36. The van der Waals surface area contributed by atoms with Gasteiger partial charge in [0.15, 0.2) is 0 Å². The Morgan fingerprint density at radius 1 is 0.971 bits per heavy atom. The fourth-order valence-corrected chi connectivity index (χ4v) is 4.31. The maximum absolute atomic E-state index is 13.0. The highest BCUT2D eigenvalue weighted by Crippen LogP contribution is 2.33. The molecule has 1 heterocycles. The van der Waals surface area contributed by atoms with E-state index in [-0.39, 0.29) is 23.7 Å². The molecule has 0 aromatic heterocycles. The molecule has 1 saturated heterocycles. The molecule has 2 atom stereocenters. The van der Waals surface area contributed by atoms with Gasteiger partial charge in [-0.1, -0.05) is 48.0 Å². The third kappa shape index (κ3) is 5.84. The van der Waals surface area contributed by atoms with Crippen LogP contribution in [0.3, 0.4) is 0 Å². The Morgan fingerprint density at radius 2 is 1.68 bits per heavy atom. The molecule has 0 bridgehead atoms. The number of nitrogen functional groups attached to an aromatic ring is 1. The summed E-state index contributed by atoms with van der Waals surface area (Å²) in [5.41, 5.74) is 9.70. The second-order valence-corrected chi connectivity index (χ2v) is 8.94. The second kappa shape index (κ2) is 10.5.